The van der Waals surface area contributed by atoms with Gasteiger partial charge in [-0.05, 0) is 57.9 Å². The number of benzene rings is 3. The lowest BCUT2D eigenvalue weighted by atomic mass is 10.1. The second kappa shape index (κ2) is 10.3. The summed E-state index contributed by atoms with van der Waals surface area (Å²) < 4.78 is 12.1. The molecule has 0 aliphatic carbocycles. The van der Waals surface area contributed by atoms with Crippen LogP contribution in [0.25, 0.3) is 12.2 Å². The molecule has 33 heavy (non-hydrogen) atoms. The van der Waals surface area contributed by atoms with E-state index in [0.717, 1.165) is 5.56 Å². The number of aliphatic imine (C=N–C) groups is 1. The van der Waals surface area contributed by atoms with E-state index in [4.69, 9.17) is 21.1 Å². The highest BCUT2D eigenvalue weighted by Gasteiger charge is 2.26. The fourth-order valence-corrected chi connectivity index (χ4v) is 4.52. The predicted molar refractivity (Wildman–Crippen MR) is 135 cm³/mol. The summed E-state index contributed by atoms with van der Waals surface area (Å²) in [7, 11) is 0. The van der Waals surface area contributed by atoms with Crippen LogP contribution in [0.15, 0.2) is 92.4 Å². The summed E-state index contributed by atoms with van der Waals surface area (Å²) >= 11 is 13.0. The molecule has 0 saturated heterocycles. The zero-order valence-corrected chi connectivity index (χ0v) is 20.7. The average molecular weight is 588 g/mol. The van der Waals surface area contributed by atoms with Crippen LogP contribution in [-0.2, 0) is 14.3 Å². The number of halogens is 3. The molecule has 0 N–H and O–H groups in total. The molecule has 1 aliphatic heterocycles. The van der Waals surface area contributed by atoms with Crippen molar-refractivity contribution in [2.45, 2.75) is 0 Å². The van der Waals surface area contributed by atoms with Gasteiger partial charge in [0, 0.05) is 16.1 Å². The Morgan fingerprint density at radius 1 is 1.03 bits per heavy atom. The number of rotatable bonds is 5. The molecule has 0 fully saturated rings. The fourth-order valence-electron chi connectivity index (χ4n) is 2.96. The minimum atomic E-state index is -0.637. The first-order valence-corrected chi connectivity index (χ1v) is 11.6. The normalized spacial score (nSPS) is 14.5. The van der Waals surface area contributed by atoms with Gasteiger partial charge in [0.1, 0.15) is 0 Å². The Kier molecular flexibility index (Phi) is 7.23. The van der Waals surface area contributed by atoms with Gasteiger partial charge in [-0.1, -0.05) is 70.0 Å². The maximum absolute atomic E-state index is 12.5. The Morgan fingerprint density at radius 2 is 1.76 bits per heavy atom. The number of hydrogen-bond donors (Lipinski definition) is 0. The molecule has 0 unspecified atom stereocenters. The van der Waals surface area contributed by atoms with Crippen molar-refractivity contribution in [3.8, 4) is 5.75 Å². The molecular formula is C25H14Br2ClNO4. The maximum atomic E-state index is 12.5. The highest BCUT2D eigenvalue weighted by Crippen LogP contribution is 2.35. The largest absolute Gasteiger partial charge is 0.422 e. The van der Waals surface area contributed by atoms with Crippen molar-refractivity contribution in [3.63, 3.8) is 0 Å². The van der Waals surface area contributed by atoms with Gasteiger partial charge in [-0.3, -0.25) is 0 Å². The standard InChI is InChI=1S/C25H14Br2ClNO4/c26-17-12-16(13-21-25(31)33-24(29-21)18-8-4-5-9-20(18)28)23(19(27)14-17)32-22(30)11-10-15-6-2-1-3-7-15/h1-14H/b11-10+,21-13-. The van der Waals surface area contributed by atoms with Crippen molar-refractivity contribution in [2.75, 3.05) is 0 Å². The van der Waals surface area contributed by atoms with Gasteiger partial charge < -0.3 is 9.47 Å². The summed E-state index contributed by atoms with van der Waals surface area (Å²) in [4.78, 5) is 29.2. The quantitative estimate of drug-likeness (QED) is 0.187. The van der Waals surface area contributed by atoms with Crippen LogP contribution in [0.4, 0.5) is 0 Å². The summed E-state index contributed by atoms with van der Waals surface area (Å²) in [5, 5.41) is 0.412. The van der Waals surface area contributed by atoms with E-state index in [2.05, 4.69) is 36.9 Å². The van der Waals surface area contributed by atoms with Gasteiger partial charge in [0.25, 0.3) is 0 Å². The van der Waals surface area contributed by atoms with Crippen LogP contribution in [0.2, 0.25) is 5.02 Å². The first-order valence-electron chi connectivity index (χ1n) is 9.62. The van der Waals surface area contributed by atoms with Crippen LogP contribution < -0.4 is 4.74 Å². The highest BCUT2D eigenvalue weighted by molar-refractivity contribution is 9.11. The Balaban J connectivity index is 1.65. The molecule has 0 atom stereocenters. The maximum Gasteiger partial charge on any atom is 0.363 e. The molecule has 3 aromatic carbocycles. The van der Waals surface area contributed by atoms with E-state index >= 15 is 0 Å². The molecule has 0 bridgehead atoms. The predicted octanol–water partition coefficient (Wildman–Crippen LogP) is 6.83. The summed E-state index contributed by atoms with van der Waals surface area (Å²) in [6, 6.07) is 19.7. The van der Waals surface area contributed by atoms with Gasteiger partial charge in [-0.25, -0.2) is 14.6 Å². The molecule has 164 valence electrons. The molecule has 8 heteroatoms. The number of carbonyl (C=O) groups is 2. The monoisotopic (exact) mass is 585 g/mol. The van der Waals surface area contributed by atoms with Crippen molar-refractivity contribution in [1.29, 1.82) is 0 Å². The third-order valence-corrected chi connectivity index (χ3v) is 5.84. The van der Waals surface area contributed by atoms with Crippen molar-refractivity contribution >= 4 is 73.4 Å². The van der Waals surface area contributed by atoms with Crippen LogP contribution >= 0.6 is 43.5 Å². The SMILES string of the molecule is O=C(/C=C/c1ccccc1)Oc1c(Br)cc(Br)cc1/C=C1\N=C(c2ccccc2Cl)OC1=O. The molecule has 3 aromatic rings. The van der Waals surface area contributed by atoms with Gasteiger partial charge >= 0.3 is 11.9 Å². The minimum Gasteiger partial charge on any atom is -0.422 e. The summed E-state index contributed by atoms with van der Waals surface area (Å²) in [5.41, 5.74) is 1.87. The van der Waals surface area contributed by atoms with E-state index in [1.807, 2.05) is 30.3 Å². The van der Waals surface area contributed by atoms with E-state index < -0.39 is 11.9 Å². The van der Waals surface area contributed by atoms with E-state index in [1.54, 1.807) is 42.5 Å². The Bertz CT molecular complexity index is 1330. The number of cyclic esters (lactones) is 1. The van der Waals surface area contributed by atoms with Crippen molar-refractivity contribution in [3.05, 3.63) is 109 Å². The second-order valence-corrected chi connectivity index (χ2v) is 8.96. The fraction of sp³-hybridized carbons (Fsp3) is 0. The van der Waals surface area contributed by atoms with Gasteiger partial charge in [0.2, 0.25) is 5.90 Å². The van der Waals surface area contributed by atoms with E-state index in [9.17, 15) is 9.59 Å². The third kappa shape index (κ3) is 5.68. The van der Waals surface area contributed by atoms with Gasteiger partial charge in [-0.15, -0.1) is 0 Å². The molecule has 0 amide bonds. The molecule has 0 saturated carbocycles. The summed E-state index contributed by atoms with van der Waals surface area (Å²) in [5.74, 6) is -0.865. The third-order valence-electron chi connectivity index (χ3n) is 4.47. The highest BCUT2D eigenvalue weighted by atomic mass is 79.9. The number of esters is 2. The smallest absolute Gasteiger partial charge is 0.363 e. The summed E-state index contributed by atoms with van der Waals surface area (Å²) in [6.07, 6.45) is 4.48. The van der Waals surface area contributed by atoms with Crippen LogP contribution in [-0.4, -0.2) is 17.8 Å². The van der Waals surface area contributed by atoms with Gasteiger partial charge in [0.15, 0.2) is 11.4 Å². The van der Waals surface area contributed by atoms with Crippen LogP contribution in [0.5, 0.6) is 5.75 Å². The Hall–Kier alpha value is -3.00. The Morgan fingerprint density at radius 3 is 2.52 bits per heavy atom. The average Bonchev–Trinajstić information content (AvgIpc) is 3.15. The number of carbonyl (C=O) groups excluding carboxylic acids is 2. The van der Waals surface area contributed by atoms with Crippen molar-refractivity contribution in [1.82, 2.24) is 0 Å². The topological polar surface area (TPSA) is 65.0 Å². The zero-order chi connectivity index (χ0) is 23.4. The second-order valence-electron chi connectivity index (χ2n) is 6.79. The van der Waals surface area contributed by atoms with Crippen LogP contribution in [0.3, 0.4) is 0 Å². The number of nitrogens with zero attached hydrogens (tertiary/aromatic N) is 1. The zero-order valence-electron chi connectivity index (χ0n) is 16.8. The molecule has 0 spiro atoms. The molecular weight excluding hydrogens is 574 g/mol. The van der Waals surface area contributed by atoms with Gasteiger partial charge in [0.05, 0.1) is 15.1 Å². The lowest BCUT2D eigenvalue weighted by molar-refractivity contribution is -0.130. The first-order chi connectivity index (χ1) is 15.9. The first kappa shape index (κ1) is 23.2. The van der Waals surface area contributed by atoms with Crippen LogP contribution in [0, 0.1) is 0 Å². The summed E-state index contributed by atoms with van der Waals surface area (Å²) in [6.45, 7) is 0. The van der Waals surface area contributed by atoms with Crippen molar-refractivity contribution < 1.29 is 19.1 Å². The molecule has 0 aromatic heterocycles. The van der Waals surface area contributed by atoms with Crippen molar-refractivity contribution in [2.24, 2.45) is 4.99 Å². The molecule has 1 aliphatic rings. The Labute approximate surface area is 211 Å². The van der Waals surface area contributed by atoms with E-state index in [-0.39, 0.29) is 17.3 Å². The number of ether oxygens (including phenoxy) is 2. The van der Waals surface area contributed by atoms with Crippen LogP contribution in [0.1, 0.15) is 16.7 Å². The molecule has 4 rings (SSSR count). The number of hydrogen-bond acceptors (Lipinski definition) is 5. The lowest BCUT2D eigenvalue weighted by Crippen LogP contribution is -2.07. The van der Waals surface area contributed by atoms with Gasteiger partial charge in [-0.2, -0.15) is 0 Å². The molecule has 5 nitrogen and oxygen atoms in total. The van der Waals surface area contributed by atoms with E-state index in [0.29, 0.717) is 25.1 Å². The molecule has 1 heterocycles. The minimum absolute atomic E-state index is 0.0482. The molecule has 0 radical (unpaired) electrons. The van der Waals surface area contributed by atoms with E-state index in [1.165, 1.54) is 12.2 Å². The lowest BCUT2D eigenvalue weighted by Gasteiger charge is -2.09.